The summed E-state index contributed by atoms with van der Waals surface area (Å²) in [5, 5.41) is 12.9. The number of halogens is 2. The van der Waals surface area contributed by atoms with Gasteiger partial charge in [0.2, 0.25) is 6.21 Å². The van der Waals surface area contributed by atoms with Crippen LogP contribution in [0.25, 0.3) is 10.8 Å². The summed E-state index contributed by atoms with van der Waals surface area (Å²) in [6.45, 7) is 0.310. The van der Waals surface area contributed by atoms with Gasteiger partial charge in [-0.05, 0) is 33.7 Å². The van der Waals surface area contributed by atoms with E-state index in [1.54, 1.807) is 25.4 Å². The van der Waals surface area contributed by atoms with Gasteiger partial charge in [0.1, 0.15) is 12.4 Å². The number of hydrogen-bond acceptors (Lipinski definition) is 2. The van der Waals surface area contributed by atoms with Crippen molar-refractivity contribution in [3.63, 3.8) is 0 Å². The standard InChI is InChI=1S/C19H16Cl2NO2/c1-22(23)11-17-16-5-3-2-4-13(16)7-9-19(17)24-12-14-6-8-15(20)10-18(14)21/h2-11,23H,12H2,1H3/q+1. The Bertz CT molecular complexity index is 918. The molecule has 0 radical (unpaired) electrons. The highest BCUT2D eigenvalue weighted by molar-refractivity contribution is 6.35. The third kappa shape index (κ3) is 3.64. The van der Waals surface area contributed by atoms with Gasteiger partial charge in [-0.1, -0.05) is 59.6 Å². The van der Waals surface area contributed by atoms with Crippen molar-refractivity contribution >= 4 is 40.2 Å². The van der Waals surface area contributed by atoms with E-state index in [9.17, 15) is 5.21 Å². The molecule has 0 heterocycles. The number of hydrogen-bond donors (Lipinski definition) is 1. The lowest BCUT2D eigenvalue weighted by Gasteiger charge is -2.11. The highest BCUT2D eigenvalue weighted by Gasteiger charge is 2.12. The molecular formula is C19H16Cl2NO2+. The minimum Gasteiger partial charge on any atom is -0.488 e. The van der Waals surface area contributed by atoms with Crippen LogP contribution in [0.2, 0.25) is 10.0 Å². The average molecular weight is 361 g/mol. The summed E-state index contributed by atoms with van der Waals surface area (Å²) < 4.78 is 6.97. The zero-order chi connectivity index (χ0) is 17.1. The Morgan fingerprint density at radius 3 is 2.62 bits per heavy atom. The first kappa shape index (κ1) is 16.6. The molecule has 3 rings (SSSR count). The lowest BCUT2D eigenvalue weighted by Crippen LogP contribution is -2.05. The maximum atomic E-state index is 9.64. The van der Waals surface area contributed by atoms with Crippen molar-refractivity contribution < 1.29 is 14.7 Å². The van der Waals surface area contributed by atoms with Crippen molar-refractivity contribution in [3.8, 4) is 5.75 Å². The molecule has 0 unspecified atom stereocenters. The van der Waals surface area contributed by atoms with Gasteiger partial charge < -0.3 is 4.74 Å². The fourth-order valence-electron chi connectivity index (χ4n) is 2.52. The summed E-state index contributed by atoms with van der Waals surface area (Å²) in [5.41, 5.74) is 1.65. The second-order valence-electron chi connectivity index (χ2n) is 5.43. The molecule has 3 nitrogen and oxygen atoms in total. The fourth-order valence-corrected chi connectivity index (χ4v) is 2.98. The second kappa shape index (κ2) is 7.12. The zero-order valence-electron chi connectivity index (χ0n) is 13.0. The Morgan fingerprint density at radius 1 is 1.08 bits per heavy atom. The summed E-state index contributed by atoms with van der Waals surface area (Å²) in [6, 6.07) is 17.1. The largest absolute Gasteiger partial charge is 0.488 e. The van der Waals surface area contributed by atoms with Crippen molar-refractivity contribution in [2.45, 2.75) is 6.61 Å². The van der Waals surface area contributed by atoms with Gasteiger partial charge in [0.15, 0.2) is 7.05 Å². The first-order valence-corrected chi connectivity index (χ1v) is 8.15. The maximum absolute atomic E-state index is 9.64. The molecule has 0 fully saturated rings. The SMILES string of the molecule is C[N+](O)=Cc1c(OCc2ccc(Cl)cc2Cl)ccc2ccccc12. The minimum absolute atomic E-state index is 0.310. The molecule has 0 amide bonds. The van der Waals surface area contributed by atoms with Crippen LogP contribution in [0.5, 0.6) is 5.75 Å². The molecule has 3 aromatic carbocycles. The molecule has 24 heavy (non-hydrogen) atoms. The molecule has 0 saturated carbocycles. The molecule has 122 valence electrons. The van der Waals surface area contributed by atoms with Crippen molar-refractivity contribution in [1.82, 2.24) is 0 Å². The van der Waals surface area contributed by atoms with Crippen molar-refractivity contribution in [3.05, 3.63) is 75.8 Å². The Hall–Kier alpha value is -2.23. The van der Waals surface area contributed by atoms with Gasteiger partial charge in [-0.15, -0.1) is 0 Å². The molecule has 5 heteroatoms. The van der Waals surface area contributed by atoms with Gasteiger partial charge in [-0.25, -0.2) is 0 Å². The Morgan fingerprint density at radius 2 is 1.88 bits per heavy atom. The minimum atomic E-state index is 0.310. The summed E-state index contributed by atoms with van der Waals surface area (Å²) in [6.07, 6.45) is 1.63. The Kier molecular flexibility index (Phi) is 4.93. The van der Waals surface area contributed by atoms with E-state index in [0.29, 0.717) is 22.4 Å². The molecule has 0 saturated heterocycles. The maximum Gasteiger partial charge on any atom is 0.226 e. The molecule has 0 aliphatic heterocycles. The highest BCUT2D eigenvalue weighted by Crippen LogP contribution is 2.28. The molecule has 1 N–H and O–H groups in total. The molecule has 0 spiro atoms. The van der Waals surface area contributed by atoms with Crippen LogP contribution in [0.15, 0.2) is 54.6 Å². The van der Waals surface area contributed by atoms with Gasteiger partial charge in [0.25, 0.3) is 0 Å². The van der Waals surface area contributed by atoms with E-state index in [1.165, 1.54) is 0 Å². The molecule has 0 atom stereocenters. The van der Waals surface area contributed by atoms with E-state index in [4.69, 9.17) is 27.9 Å². The van der Waals surface area contributed by atoms with Crippen LogP contribution >= 0.6 is 23.2 Å². The quantitative estimate of drug-likeness (QED) is 0.301. The second-order valence-corrected chi connectivity index (χ2v) is 6.27. The van der Waals surface area contributed by atoms with Crippen LogP contribution < -0.4 is 4.74 Å². The number of nitrogens with zero attached hydrogens (tertiary/aromatic N) is 1. The van der Waals surface area contributed by atoms with E-state index >= 15 is 0 Å². The molecule has 3 aromatic rings. The van der Waals surface area contributed by atoms with Crippen molar-refractivity contribution in [2.24, 2.45) is 0 Å². The number of ether oxygens (including phenoxy) is 1. The van der Waals surface area contributed by atoms with Crippen LogP contribution in [-0.4, -0.2) is 23.2 Å². The molecular weight excluding hydrogens is 345 g/mol. The summed E-state index contributed by atoms with van der Waals surface area (Å²) in [7, 11) is 1.56. The van der Waals surface area contributed by atoms with Crippen LogP contribution in [0.3, 0.4) is 0 Å². The van der Waals surface area contributed by atoms with Gasteiger partial charge in [-0.2, -0.15) is 0 Å². The number of benzene rings is 3. The van der Waals surface area contributed by atoms with Crippen LogP contribution in [-0.2, 0) is 6.61 Å². The van der Waals surface area contributed by atoms with E-state index in [2.05, 4.69) is 0 Å². The lowest BCUT2D eigenvalue weighted by atomic mass is 10.0. The predicted octanol–water partition coefficient (Wildman–Crippen LogP) is 5.18. The van der Waals surface area contributed by atoms with E-state index in [-0.39, 0.29) is 0 Å². The highest BCUT2D eigenvalue weighted by atomic mass is 35.5. The smallest absolute Gasteiger partial charge is 0.226 e. The first-order chi connectivity index (χ1) is 11.5. The summed E-state index contributed by atoms with van der Waals surface area (Å²) in [4.78, 5) is 0. The van der Waals surface area contributed by atoms with E-state index in [0.717, 1.165) is 26.6 Å². The third-order valence-electron chi connectivity index (χ3n) is 3.64. The normalized spacial score (nSPS) is 11.7. The molecule has 0 aliphatic carbocycles. The number of hydroxylamine groups is 1. The number of fused-ring (bicyclic) bond motifs is 1. The van der Waals surface area contributed by atoms with Gasteiger partial charge >= 0.3 is 0 Å². The predicted molar refractivity (Wildman–Crippen MR) is 97.9 cm³/mol. The number of rotatable bonds is 4. The first-order valence-electron chi connectivity index (χ1n) is 7.39. The summed E-state index contributed by atoms with van der Waals surface area (Å²) >= 11 is 12.1. The molecule has 0 aliphatic rings. The fraction of sp³-hybridized carbons (Fsp3) is 0.105. The Labute approximate surface area is 150 Å². The summed E-state index contributed by atoms with van der Waals surface area (Å²) in [5.74, 6) is 0.667. The topological polar surface area (TPSA) is 32.5 Å². The average Bonchev–Trinajstić information content (AvgIpc) is 2.55. The van der Waals surface area contributed by atoms with E-state index < -0.39 is 0 Å². The van der Waals surface area contributed by atoms with Crippen LogP contribution in [0, 0.1) is 0 Å². The monoisotopic (exact) mass is 360 g/mol. The van der Waals surface area contributed by atoms with E-state index in [1.807, 2.05) is 42.5 Å². The molecule has 0 bridgehead atoms. The van der Waals surface area contributed by atoms with Gasteiger partial charge in [0, 0.05) is 15.6 Å². The third-order valence-corrected chi connectivity index (χ3v) is 4.23. The van der Waals surface area contributed by atoms with Crippen LogP contribution in [0.4, 0.5) is 0 Å². The van der Waals surface area contributed by atoms with Crippen molar-refractivity contribution in [2.75, 3.05) is 7.05 Å². The van der Waals surface area contributed by atoms with Crippen molar-refractivity contribution in [1.29, 1.82) is 0 Å². The molecule has 0 aromatic heterocycles. The zero-order valence-corrected chi connectivity index (χ0v) is 14.6. The van der Waals surface area contributed by atoms with Gasteiger partial charge in [0.05, 0.1) is 5.56 Å². The van der Waals surface area contributed by atoms with Crippen LogP contribution in [0.1, 0.15) is 11.1 Å². The van der Waals surface area contributed by atoms with Gasteiger partial charge in [-0.3, -0.25) is 5.21 Å². The lowest BCUT2D eigenvalue weighted by molar-refractivity contribution is -0.750. The Balaban J connectivity index is 1.98.